The highest BCUT2D eigenvalue weighted by Gasteiger charge is 2.08. The minimum absolute atomic E-state index is 0.909. The van der Waals surface area contributed by atoms with Crippen molar-refractivity contribution < 1.29 is 4.53 Å². The third-order valence-corrected chi connectivity index (χ3v) is 3.04. The quantitative estimate of drug-likeness (QED) is 0.533. The Bertz CT molecular complexity index is 277. The van der Waals surface area contributed by atoms with E-state index in [0.29, 0.717) is 0 Å². The van der Waals surface area contributed by atoms with Gasteiger partial charge in [-0.2, -0.15) is 5.06 Å². The molecule has 0 aliphatic carbocycles. The van der Waals surface area contributed by atoms with Gasteiger partial charge in [0.2, 0.25) is 0 Å². The van der Waals surface area contributed by atoms with Gasteiger partial charge in [0.15, 0.2) is 9.04 Å². The molecule has 0 spiro atoms. The zero-order valence-electron chi connectivity index (χ0n) is 10.6. The van der Waals surface area contributed by atoms with Crippen LogP contribution in [0.25, 0.3) is 0 Å². The van der Waals surface area contributed by atoms with Gasteiger partial charge >= 0.3 is 0 Å². The van der Waals surface area contributed by atoms with Gasteiger partial charge in [-0.1, -0.05) is 43.7 Å². The number of hydrogen-bond acceptors (Lipinski definition) is 2. The molecule has 1 aromatic carbocycles. The molecular formula is C13H23NOSi. The minimum Gasteiger partial charge on any atom is -0.347 e. The first-order valence-electron chi connectivity index (χ1n) is 6.18. The summed E-state index contributed by atoms with van der Waals surface area (Å²) in [4.78, 5) is 0. The summed E-state index contributed by atoms with van der Waals surface area (Å²) in [6.07, 6.45) is 2.42. The molecule has 0 aromatic heterocycles. The molecule has 16 heavy (non-hydrogen) atoms. The Morgan fingerprint density at radius 3 is 2.44 bits per heavy atom. The molecule has 0 saturated heterocycles. The first-order chi connectivity index (χ1) is 7.72. The van der Waals surface area contributed by atoms with Crippen LogP contribution >= 0.6 is 0 Å². The van der Waals surface area contributed by atoms with Gasteiger partial charge < -0.3 is 4.53 Å². The lowest BCUT2D eigenvalue weighted by molar-refractivity contribution is -0.0711. The lowest BCUT2D eigenvalue weighted by Gasteiger charge is -2.24. The van der Waals surface area contributed by atoms with E-state index in [0.717, 1.165) is 13.1 Å². The average Bonchev–Trinajstić information content (AvgIpc) is 2.26. The third-order valence-electron chi connectivity index (χ3n) is 2.32. The van der Waals surface area contributed by atoms with Crippen LogP contribution in [0, 0.1) is 0 Å². The fraction of sp³-hybridized carbons (Fsp3) is 0.538. The normalized spacial score (nSPS) is 11.3. The second-order valence-electron chi connectivity index (χ2n) is 4.36. The Labute approximate surface area is 101 Å². The number of benzene rings is 1. The van der Waals surface area contributed by atoms with E-state index in [-0.39, 0.29) is 0 Å². The molecule has 90 valence electrons. The monoisotopic (exact) mass is 237 g/mol. The average molecular weight is 237 g/mol. The largest absolute Gasteiger partial charge is 0.347 e. The van der Waals surface area contributed by atoms with Gasteiger partial charge in [0, 0.05) is 13.1 Å². The lowest BCUT2D eigenvalue weighted by Crippen LogP contribution is -2.29. The highest BCUT2D eigenvalue weighted by molar-refractivity contribution is 6.48. The predicted octanol–water partition coefficient (Wildman–Crippen LogP) is 3.20. The van der Waals surface area contributed by atoms with Gasteiger partial charge in [-0.25, -0.2) is 0 Å². The first-order valence-corrected chi connectivity index (χ1v) is 8.96. The van der Waals surface area contributed by atoms with Gasteiger partial charge in [-0.15, -0.1) is 0 Å². The Hall–Kier alpha value is -0.643. The summed E-state index contributed by atoms with van der Waals surface area (Å²) in [5.41, 5.74) is 1.33. The summed E-state index contributed by atoms with van der Waals surface area (Å²) in [5.74, 6) is 0. The summed E-state index contributed by atoms with van der Waals surface area (Å²) in [5, 5.41) is 2.13. The molecule has 3 heteroatoms. The molecule has 1 aromatic rings. The molecule has 0 heterocycles. The van der Waals surface area contributed by atoms with E-state index in [2.05, 4.69) is 55.4 Å². The van der Waals surface area contributed by atoms with Crippen LogP contribution in [0.3, 0.4) is 0 Å². The molecule has 0 fully saturated rings. The van der Waals surface area contributed by atoms with Crippen LogP contribution < -0.4 is 0 Å². The molecule has 0 aliphatic heterocycles. The van der Waals surface area contributed by atoms with Crippen molar-refractivity contribution in [1.29, 1.82) is 0 Å². The molecule has 0 saturated carbocycles. The molecule has 2 nitrogen and oxygen atoms in total. The summed E-state index contributed by atoms with van der Waals surface area (Å²) >= 11 is 0. The molecular weight excluding hydrogens is 214 g/mol. The van der Waals surface area contributed by atoms with Crippen molar-refractivity contribution in [2.24, 2.45) is 0 Å². The van der Waals surface area contributed by atoms with E-state index in [9.17, 15) is 0 Å². The summed E-state index contributed by atoms with van der Waals surface area (Å²) in [6, 6.07) is 10.5. The summed E-state index contributed by atoms with van der Waals surface area (Å²) in [6.45, 7) is 8.59. The Morgan fingerprint density at radius 1 is 1.19 bits per heavy atom. The second kappa shape index (κ2) is 7.60. The molecule has 0 aliphatic rings. The standard InChI is InChI=1S/C13H23NOSi/c1-4-5-11-14(15-16(2)3)12-13-9-7-6-8-10-13/h6-10,16H,4-5,11-12H2,1-3H3. The van der Waals surface area contributed by atoms with E-state index >= 15 is 0 Å². The lowest BCUT2D eigenvalue weighted by atomic mass is 10.2. The Kier molecular flexibility index (Phi) is 6.38. The van der Waals surface area contributed by atoms with Crippen molar-refractivity contribution in [2.45, 2.75) is 39.4 Å². The first kappa shape index (κ1) is 13.4. The van der Waals surface area contributed by atoms with Crippen molar-refractivity contribution in [3.05, 3.63) is 35.9 Å². The third kappa shape index (κ3) is 5.44. The number of nitrogens with zero attached hydrogens (tertiary/aromatic N) is 1. The fourth-order valence-electron chi connectivity index (χ4n) is 1.59. The molecule has 0 bridgehead atoms. The van der Waals surface area contributed by atoms with Crippen molar-refractivity contribution in [2.75, 3.05) is 6.54 Å². The van der Waals surface area contributed by atoms with E-state index in [4.69, 9.17) is 4.53 Å². The fourth-order valence-corrected chi connectivity index (χ4v) is 2.36. The van der Waals surface area contributed by atoms with Crippen LogP contribution in [0.1, 0.15) is 25.3 Å². The van der Waals surface area contributed by atoms with E-state index in [1.807, 2.05) is 0 Å². The van der Waals surface area contributed by atoms with Crippen LogP contribution in [0.4, 0.5) is 0 Å². The predicted molar refractivity (Wildman–Crippen MR) is 71.7 cm³/mol. The SMILES string of the molecule is CCCCN(Cc1ccccc1)O[SiH](C)C. The molecule has 1 rings (SSSR count). The van der Waals surface area contributed by atoms with Gasteiger partial charge in [0.25, 0.3) is 0 Å². The van der Waals surface area contributed by atoms with E-state index < -0.39 is 9.04 Å². The van der Waals surface area contributed by atoms with Crippen molar-refractivity contribution in [3.63, 3.8) is 0 Å². The van der Waals surface area contributed by atoms with E-state index in [1.54, 1.807) is 0 Å². The van der Waals surface area contributed by atoms with Crippen LogP contribution in [-0.2, 0) is 11.1 Å². The maximum atomic E-state index is 5.93. The Balaban J connectivity index is 2.49. The van der Waals surface area contributed by atoms with Gasteiger partial charge in [-0.3, -0.25) is 0 Å². The molecule has 0 unspecified atom stereocenters. The minimum atomic E-state index is -0.986. The number of unbranched alkanes of at least 4 members (excludes halogenated alkanes) is 1. The molecule has 0 atom stereocenters. The smallest absolute Gasteiger partial charge is 0.199 e. The highest BCUT2D eigenvalue weighted by Crippen LogP contribution is 2.07. The molecule has 0 N–H and O–H groups in total. The maximum absolute atomic E-state index is 5.93. The van der Waals surface area contributed by atoms with Gasteiger partial charge in [0.05, 0.1) is 0 Å². The van der Waals surface area contributed by atoms with E-state index in [1.165, 1.54) is 18.4 Å². The van der Waals surface area contributed by atoms with Crippen LogP contribution in [-0.4, -0.2) is 20.6 Å². The van der Waals surface area contributed by atoms with Crippen molar-refractivity contribution >= 4 is 9.04 Å². The van der Waals surface area contributed by atoms with Crippen LogP contribution in [0.5, 0.6) is 0 Å². The van der Waals surface area contributed by atoms with Gasteiger partial charge in [0.1, 0.15) is 0 Å². The summed E-state index contributed by atoms with van der Waals surface area (Å²) < 4.78 is 5.93. The number of hydroxylamine groups is 2. The number of rotatable bonds is 7. The topological polar surface area (TPSA) is 12.5 Å². The Morgan fingerprint density at radius 2 is 1.88 bits per heavy atom. The zero-order chi connectivity index (χ0) is 11.8. The highest BCUT2D eigenvalue weighted by atomic mass is 28.3. The zero-order valence-corrected chi connectivity index (χ0v) is 11.8. The van der Waals surface area contributed by atoms with Crippen LogP contribution in [0.15, 0.2) is 30.3 Å². The molecule has 0 amide bonds. The van der Waals surface area contributed by atoms with Gasteiger partial charge in [-0.05, 0) is 25.1 Å². The van der Waals surface area contributed by atoms with Crippen molar-refractivity contribution in [1.82, 2.24) is 5.06 Å². The van der Waals surface area contributed by atoms with Crippen molar-refractivity contribution in [3.8, 4) is 0 Å². The molecule has 0 radical (unpaired) electrons. The summed E-state index contributed by atoms with van der Waals surface area (Å²) in [7, 11) is -0.986. The maximum Gasteiger partial charge on any atom is 0.199 e. The van der Waals surface area contributed by atoms with Crippen LogP contribution in [0.2, 0.25) is 13.1 Å². The number of hydrogen-bond donors (Lipinski definition) is 0. The second-order valence-corrected chi connectivity index (χ2v) is 6.67.